The van der Waals surface area contributed by atoms with Gasteiger partial charge in [0, 0.05) is 29.5 Å². The molecule has 5 heteroatoms. The Morgan fingerprint density at radius 2 is 2.00 bits per heavy atom. The summed E-state index contributed by atoms with van der Waals surface area (Å²) in [6, 6.07) is 8.35. The number of rotatable bonds is 4. The van der Waals surface area contributed by atoms with Crippen LogP contribution in [0.5, 0.6) is 0 Å². The largest absolute Gasteiger partial charge is 0.393 e. The molecule has 0 spiro atoms. The molecule has 128 valence electrons. The van der Waals surface area contributed by atoms with Crippen molar-refractivity contribution in [2.24, 2.45) is 4.99 Å². The van der Waals surface area contributed by atoms with Gasteiger partial charge in [-0.25, -0.2) is 0 Å². The summed E-state index contributed by atoms with van der Waals surface area (Å²) >= 11 is 3.65. The van der Waals surface area contributed by atoms with E-state index in [1.807, 2.05) is 6.07 Å². The third kappa shape index (κ3) is 4.95. The lowest BCUT2D eigenvalue weighted by molar-refractivity contribution is 0.108. The quantitative estimate of drug-likeness (QED) is 0.621. The van der Waals surface area contributed by atoms with E-state index in [9.17, 15) is 5.11 Å². The van der Waals surface area contributed by atoms with Crippen LogP contribution in [0.3, 0.4) is 0 Å². The summed E-state index contributed by atoms with van der Waals surface area (Å²) in [5.41, 5.74) is 1.23. The summed E-state index contributed by atoms with van der Waals surface area (Å²) in [6.45, 7) is 9.84. The number of hydrogen-bond acceptors (Lipinski definition) is 2. The molecule has 1 aromatic rings. The summed E-state index contributed by atoms with van der Waals surface area (Å²) in [4.78, 5) is 7.14. The first-order valence-electron chi connectivity index (χ1n) is 8.40. The molecule has 1 fully saturated rings. The molecule has 2 rings (SSSR count). The number of nitrogens with one attached hydrogen (secondary N) is 1. The van der Waals surface area contributed by atoms with Crippen LogP contribution in [0.1, 0.15) is 39.2 Å². The maximum Gasteiger partial charge on any atom is 0.193 e. The van der Waals surface area contributed by atoms with Gasteiger partial charge in [0.2, 0.25) is 0 Å². The van der Waals surface area contributed by atoms with E-state index in [0.29, 0.717) is 0 Å². The molecule has 0 atom stereocenters. The van der Waals surface area contributed by atoms with Gasteiger partial charge < -0.3 is 15.3 Å². The van der Waals surface area contributed by atoms with Crippen LogP contribution in [0.15, 0.2) is 33.7 Å². The molecule has 0 bridgehead atoms. The van der Waals surface area contributed by atoms with Crippen molar-refractivity contribution in [3.63, 3.8) is 0 Å². The zero-order chi connectivity index (χ0) is 16.9. The summed E-state index contributed by atoms with van der Waals surface area (Å²) in [6.07, 6.45) is 1.47. The molecule has 0 saturated carbocycles. The van der Waals surface area contributed by atoms with Gasteiger partial charge in [0.15, 0.2) is 5.96 Å². The predicted molar refractivity (Wildman–Crippen MR) is 100.0 cm³/mol. The lowest BCUT2D eigenvalue weighted by atomic mass is 9.85. The van der Waals surface area contributed by atoms with Crippen molar-refractivity contribution in [3.05, 3.63) is 34.3 Å². The molecule has 0 radical (unpaired) electrons. The molecule has 0 aliphatic carbocycles. The maximum absolute atomic E-state index is 9.68. The van der Waals surface area contributed by atoms with Gasteiger partial charge in [-0.1, -0.05) is 48.0 Å². The second kappa shape index (κ2) is 8.15. The van der Waals surface area contributed by atoms with Crippen molar-refractivity contribution in [2.45, 2.75) is 45.1 Å². The van der Waals surface area contributed by atoms with Crippen molar-refractivity contribution < 1.29 is 5.11 Å². The minimum Gasteiger partial charge on any atom is -0.393 e. The molecule has 2 N–H and O–H groups in total. The summed E-state index contributed by atoms with van der Waals surface area (Å²) in [7, 11) is 0. The number of hydrogen-bond donors (Lipinski definition) is 2. The van der Waals surface area contributed by atoms with Crippen LogP contribution >= 0.6 is 15.9 Å². The minimum absolute atomic E-state index is 0.0456. The Morgan fingerprint density at radius 1 is 1.35 bits per heavy atom. The third-order valence-corrected chi connectivity index (χ3v) is 5.02. The molecular formula is C18H28BrN3O. The van der Waals surface area contributed by atoms with Gasteiger partial charge >= 0.3 is 0 Å². The Balaban J connectivity index is 2.11. The van der Waals surface area contributed by atoms with Crippen molar-refractivity contribution in [2.75, 3.05) is 26.2 Å². The monoisotopic (exact) mass is 381 g/mol. The fourth-order valence-electron chi connectivity index (χ4n) is 2.87. The van der Waals surface area contributed by atoms with E-state index in [4.69, 9.17) is 4.99 Å². The third-order valence-electron chi connectivity index (χ3n) is 4.33. The highest BCUT2D eigenvalue weighted by Gasteiger charge is 2.24. The van der Waals surface area contributed by atoms with Crippen LogP contribution in [0, 0.1) is 0 Å². The van der Waals surface area contributed by atoms with Gasteiger partial charge in [0.25, 0.3) is 0 Å². The van der Waals surface area contributed by atoms with E-state index >= 15 is 0 Å². The first-order chi connectivity index (χ1) is 10.9. The number of nitrogens with zero attached hydrogens (tertiary/aromatic N) is 2. The van der Waals surface area contributed by atoms with E-state index in [1.54, 1.807) is 0 Å². The number of likely N-dealkylation sites (tertiary alicyclic amines) is 1. The van der Waals surface area contributed by atoms with Crippen molar-refractivity contribution in [3.8, 4) is 0 Å². The molecule has 1 heterocycles. The van der Waals surface area contributed by atoms with E-state index in [-0.39, 0.29) is 11.5 Å². The fraction of sp³-hybridized carbons (Fsp3) is 0.611. The SMILES string of the molecule is CCNC(=NCC(C)(C)c1ccccc1Br)N1CCC(O)CC1. The van der Waals surface area contributed by atoms with Crippen molar-refractivity contribution >= 4 is 21.9 Å². The molecule has 1 saturated heterocycles. The topological polar surface area (TPSA) is 47.9 Å². The number of aliphatic hydroxyl groups is 1. The molecule has 0 unspecified atom stereocenters. The maximum atomic E-state index is 9.68. The molecule has 1 aromatic carbocycles. The molecular weight excluding hydrogens is 354 g/mol. The van der Waals surface area contributed by atoms with Crippen LogP contribution in [-0.2, 0) is 5.41 Å². The second-order valence-electron chi connectivity index (χ2n) is 6.75. The first-order valence-corrected chi connectivity index (χ1v) is 9.19. The Hall–Kier alpha value is -1.07. The van der Waals surface area contributed by atoms with Gasteiger partial charge in [-0.05, 0) is 31.4 Å². The second-order valence-corrected chi connectivity index (χ2v) is 7.61. The highest BCUT2D eigenvalue weighted by Crippen LogP contribution is 2.30. The number of guanidine groups is 1. The van der Waals surface area contributed by atoms with E-state index in [1.165, 1.54) is 5.56 Å². The number of benzene rings is 1. The number of halogens is 1. The van der Waals surface area contributed by atoms with E-state index < -0.39 is 0 Å². The molecule has 0 aromatic heterocycles. The van der Waals surface area contributed by atoms with E-state index in [0.717, 1.165) is 49.5 Å². The zero-order valence-electron chi connectivity index (χ0n) is 14.3. The van der Waals surface area contributed by atoms with Crippen LogP contribution < -0.4 is 5.32 Å². The Morgan fingerprint density at radius 3 is 2.61 bits per heavy atom. The normalized spacial score (nSPS) is 17.4. The van der Waals surface area contributed by atoms with Crippen LogP contribution in [0.4, 0.5) is 0 Å². The Bertz CT molecular complexity index is 537. The number of piperidine rings is 1. The zero-order valence-corrected chi connectivity index (χ0v) is 15.9. The summed E-state index contributed by atoms with van der Waals surface area (Å²) < 4.78 is 1.13. The fourth-order valence-corrected chi connectivity index (χ4v) is 3.69. The molecule has 1 aliphatic rings. The number of aliphatic imine (C=N–C) groups is 1. The van der Waals surface area contributed by atoms with Gasteiger partial charge in [-0.15, -0.1) is 0 Å². The molecule has 1 aliphatic heterocycles. The predicted octanol–water partition coefficient (Wildman–Crippen LogP) is 3.15. The summed E-state index contributed by atoms with van der Waals surface area (Å²) in [5, 5.41) is 13.1. The van der Waals surface area contributed by atoms with Gasteiger partial charge in [-0.3, -0.25) is 4.99 Å². The number of aliphatic hydroxyl groups excluding tert-OH is 1. The average molecular weight is 382 g/mol. The van der Waals surface area contributed by atoms with Gasteiger partial charge in [-0.2, -0.15) is 0 Å². The van der Waals surface area contributed by atoms with Crippen LogP contribution in [0.2, 0.25) is 0 Å². The Kier molecular flexibility index (Phi) is 6.48. The van der Waals surface area contributed by atoms with Gasteiger partial charge in [0.05, 0.1) is 12.6 Å². The highest BCUT2D eigenvalue weighted by atomic mass is 79.9. The lowest BCUT2D eigenvalue weighted by Crippen LogP contribution is -2.47. The first kappa shape index (κ1) is 18.3. The molecule has 0 amide bonds. The Labute approximate surface area is 148 Å². The van der Waals surface area contributed by atoms with Crippen LogP contribution in [0.25, 0.3) is 0 Å². The van der Waals surface area contributed by atoms with Gasteiger partial charge in [0.1, 0.15) is 0 Å². The van der Waals surface area contributed by atoms with Crippen molar-refractivity contribution in [1.82, 2.24) is 10.2 Å². The van der Waals surface area contributed by atoms with Crippen molar-refractivity contribution in [1.29, 1.82) is 0 Å². The van der Waals surface area contributed by atoms with E-state index in [2.05, 4.69) is 65.1 Å². The minimum atomic E-state index is -0.161. The summed E-state index contributed by atoms with van der Waals surface area (Å²) in [5.74, 6) is 0.958. The standard InChI is InChI=1S/C18H28BrN3O/c1-4-20-17(22-11-9-14(23)10-12-22)21-13-18(2,3)15-7-5-6-8-16(15)19/h5-8,14,23H,4,9-13H2,1-3H3,(H,20,21). The molecule has 4 nitrogen and oxygen atoms in total. The highest BCUT2D eigenvalue weighted by molar-refractivity contribution is 9.10. The molecule has 23 heavy (non-hydrogen) atoms. The smallest absolute Gasteiger partial charge is 0.193 e. The van der Waals surface area contributed by atoms with Crippen LogP contribution in [-0.4, -0.2) is 48.2 Å². The average Bonchev–Trinajstić information content (AvgIpc) is 2.52. The lowest BCUT2D eigenvalue weighted by Gasteiger charge is -2.33.